The van der Waals surface area contributed by atoms with Crippen LogP contribution in [0.5, 0.6) is 0 Å². The molecule has 0 atom stereocenters. The SMILES string of the molecule is Nn1c(SCC(=O)NCc2cccs2)nnc1-c1ccccc1Br. The third kappa shape index (κ3) is 3.97. The lowest BCUT2D eigenvalue weighted by Gasteiger charge is -2.05. The van der Waals surface area contributed by atoms with Crippen molar-refractivity contribution in [1.29, 1.82) is 0 Å². The number of thioether (sulfide) groups is 1. The van der Waals surface area contributed by atoms with E-state index in [9.17, 15) is 4.79 Å². The van der Waals surface area contributed by atoms with Crippen molar-refractivity contribution in [3.05, 3.63) is 51.1 Å². The first kappa shape index (κ1) is 17.0. The molecule has 0 radical (unpaired) electrons. The highest BCUT2D eigenvalue weighted by atomic mass is 79.9. The zero-order chi connectivity index (χ0) is 16.9. The molecule has 1 aromatic carbocycles. The van der Waals surface area contributed by atoms with E-state index in [0.29, 0.717) is 17.5 Å². The number of hydrogen-bond donors (Lipinski definition) is 2. The third-order valence-corrected chi connectivity index (χ3v) is 5.66. The molecule has 6 nitrogen and oxygen atoms in total. The van der Waals surface area contributed by atoms with Crippen molar-refractivity contribution in [2.45, 2.75) is 11.7 Å². The van der Waals surface area contributed by atoms with Gasteiger partial charge in [-0.1, -0.05) is 45.9 Å². The smallest absolute Gasteiger partial charge is 0.230 e. The molecule has 3 N–H and O–H groups in total. The Hall–Kier alpha value is -1.84. The van der Waals surface area contributed by atoms with E-state index in [1.54, 1.807) is 11.3 Å². The van der Waals surface area contributed by atoms with Crippen LogP contribution >= 0.6 is 39.0 Å². The van der Waals surface area contributed by atoms with Crippen LogP contribution in [-0.2, 0) is 11.3 Å². The van der Waals surface area contributed by atoms with Gasteiger partial charge < -0.3 is 11.2 Å². The summed E-state index contributed by atoms with van der Waals surface area (Å²) >= 11 is 6.34. The molecule has 0 aliphatic rings. The molecule has 2 aromatic heterocycles. The molecule has 0 spiro atoms. The zero-order valence-corrected chi connectivity index (χ0v) is 15.7. The van der Waals surface area contributed by atoms with Crippen LogP contribution in [0.4, 0.5) is 0 Å². The van der Waals surface area contributed by atoms with Gasteiger partial charge in [0.1, 0.15) is 0 Å². The van der Waals surface area contributed by atoms with Crippen LogP contribution in [-0.4, -0.2) is 26.5 Å². The molecule has 0 aliphatic carbocycles. The second kappa shape index (κ2) is 7.82. The number of rotatable bonds is 6. The van der Waals surface area contributed by atoms with Gasteiger partial charge in [-0.05, 0) is 23.6 Å². The van der Waals surface area contributed by atoms with Crippen LogP contribution in [0.2, 0.25) is 0 Å². The number of amides is 1. The van der Waals surface area contributed by atoms with Crippen LogP contribution < -0.4 is 11.2 Å². The number of nitrogens with one attached hydrogen (secondary N) is 1. The Balaban J connectivity index is 1.60. The van der Waals surface area contributed by atoms with Gasteiger partial charge in [0.25, 0.3) is 0 Å². The number of carbonyl (C=O) groups excluding carboxylic acids is 1. The largest absolute Gasteiger partial charge is 0.350 e. The van der Waals surface area contributed by atoms with E-state index in [2.05, 4.69) is 31.4 Å². The van der Waals surface area contributed by atoms with E-state index in [4.69, 9.17) is 5.84 Å². The summed E-state index contributed by atoms with van der Waals surface area (Å²) in [6, 6.07) is 11.6. The highest BCUT2D eigenvalue weighted by Gasteiger charge is 2.15. The average Bonchev–Trinajstić information content (AvgIpc) is 3.22. The number of hydrogen-bond acceptors (Lipinski definition) is 6. The molecular formula is C15H14BrN5OS2. The molecule has 9 heteroatoms. The molecule has 0 saturated carbocycles. The normalized spacial score (nSPS) is 10.7. The van der Waals surface area contributed by atoms with E-state index in [1.165, 1.54) is 16.4 Å². The van der Waals surface area contributed by atoms with Crippen molar-refractivity contribution in [3.63, 3.8) is 0 Å². The van der Waals surface area contributed by atoms with Crippen molar-refractivity contribution >= 4 is 44.9 Å². The number of nitrogens with zero attached hydrogens (tertiary/aromatic N) is 3. The van der Waals surface area contributed by atoms with Crippen LogP contribution in [0.3, 0.4) is 0 Å². The Kier molecular flexibility index (Phi) is 5.54. The number of benzene rings is 1. The monoisotopic (exact) mass is 423 g/mol. The molecule has 0 bridgehead atoms. The predicted molar refractivity (Wildman–Crippen MR) is 100 cm³/mol. The number of carbonyl (C=O) groups is 1. The quantitative estimate of drug-likeness (QED) is 0.470. The number of aromatic nitrogens is 3. The molecule has 1 amide bonds. The minimum Gasteiger partial charge on any atom is -0.350 e. The van der Waals surface area contributed by atoms with Gasteiger partial charge in [-0.3, -0.25) is 4.79 Å². The van der Waals surface area contributed by atoms with Gasteiger partial charge in [-0.25, -0.2) is 4.68 Å². The Morgan fingerprint density at radius 2 is 2.12 bits per heavy atom. The fourth-order valence-electron chi connectivity index (χ4n) is 1.98. The van der Waals surface area contributed by atoms with E-state index in [1.807, 2.05) is 41.8 Å². The van der Waals surface area contributed by atoms with Crippen LogP contribution in [0, 0.1) is 0 Å². The topological polar surface area (TPSA) is 85.8 Å². The summed E-state index contributed by atoms with van der Waals surface area (Å²) in [4.78, 5) is 13.0. The number of halogens is 1. The molecule has 0 unspecified atom stereocenters. The van der Waals surface area contributed by atoms with Crippen LogP contribution in [0.25, 0.3) is 11.4 Å². The standard InChI is InChI=1S/C15H14BrN5OS2/c16-12-6-2-1-5-11(12)14-19-20-15(21(14)17)24-9-13(22)18-8-10-4-3-7-23-10/h1-7H,8-9,17H2,(H,18,22). The Morgan fingerprint density at radius 3 is 2.88 bits per heavy atom. The first-order valence-electron chi connectivity index (χ1n) is 7.02. The lowest BCUT2D eigenvalue weighted by atomic mass is 10.2. The average molecular weight is 424 g/mol. The molecule has 0 aliphatic heterocycles. The summed E-state index contributed by atoms with van der Waals surface area (Å²) in [6.07, 6.45) is 0. The molecule has 0 fully saturated rings. The fourth-order valence-corrected chi connectivity index (χ4v) is 3.77. The van der Waals surface area contributed by atoms with Gasteiger partial charge in [0.15, 0.2) is 5.82 Å². The van der Waals surface area contributed by atoms with Gasteiger partial charge in [0, 0.05) is 14.9 Å². The van der Waals surface area contributed by atoms with E-state index >= 15 is 0 Å². The summed E-state index contributed by atoms with van der Waals surface area (Å²) in [5.74, 6) is 6.77. The number of nitrogens with two attached hydrogens (primary N) is 1. The first-order valence-corrected chi connectivity index (χ1v) is 9.68. The predicted octanol–water partition coefficient (Wildman–Crippen LogP) is 2.89. The van der Waals surface area contributed by atoms with Crippen LogP contribution in [0.1, 0.15) is 4.88 Å². The Bertz CT molecular complexity index is 834. The van der Waals surface area contributed by atoms with E-state index in [-0.39, 0.29) is 11.7 Å². The molecular weight excluding hydrogens is 410 g/mol. The Labute approximate surface area is 155 Å². The van der Waals surface area contributed by atoms with Gasteiger partial charge >= 0.3 is 0 Å². The summed E-state index contributed by atoms with van der Waals surface area (Å²) in [6.45, 7) is 0.536. The van der Waals surface area contributed by atoms with E-state index < -0.39 is 0 Å². The summed E-state index contributed by atoms with van der Waals surface area (Å²) in [7, 11) is 0. The molecule has 3 aromatic rings. The number of thiophene rings is 1. The molecule has 2 heterocycles. The second-order valence-corrected chi connectivity index (χ2v) is 7.63. The zero-order valence-electron chi connectivity index (χ0n) is 12.5. The molecule has 24 heavy (non-hydrogen) atoms. The molecule has 0 saturated heterocycles. The minimum absolute atomic E-state index is 0.0705. The maximum atomic E-state index is 11.9. The second-order valence-electron chi connectivity index (χ2n) is 4.80. The highest BCUT2D eigenvalue weighted by Crippen LogP contribution is 2.27. The summed E-state index contributed by atoms with van der Waals surface area (Å²) < 4.78 is 2.28. The van der Waals surface area contributed by atoms with Gasteiger partial charge in [-0.15, -0.1) is 21.5 Å². The van der Waals surface area contributed by atoms with Gasteiger partial charge in [-0.2, -0.15) is 0 Å². The number of nitrogen functional groups attached to an aromatic ring is 1. The first-order chi connectivity index (χ1) is 11.6. The lowest BCUT2D eigenvalue weighted by Crippen LogP contribution is -2.24. The van der Waals surface area contributed by atoms with Crippen molar-refractivity contribution in [2.75, 3.05) is 11.6 Å². The maximum absolute atomic E-state index is 11.9. The van der Waals surface area contributed by atoms with Gasteiger partial charge in [0.05, 0.1) is 12.3 Å². The summed E-state index contributed by atoms with van der Waals surface area (Å²) in [5, 5.41) is 13.5. The summed E-state index contributed by atoms with van der Waals surface area (Å²) in [5.41, 5.74) is 0.849. The Morgan fingerprint density at radius 1 is 1.29 bits per heavy atom. The van der Waals surface area contributed by atoms with Crippen molar-refractivity contribution < 1.29 is 4.79 Å². The molecule has 124 valence electrons. The van der Waals surface area contributed by atoms with Crippen molar-refractivity contribution in [2.24, 2.45) is 0 Å². The highest BCUT2D eigenvalue weighted by molar-refractivity contribution is 9.10. The van der Waals surface area contributed by atoms with Crippen molar-refractivity contribution in [1.82, 2.24) is 20.2 Å². The lowest BCUT2D eigenvalue weighted by molar-refractivity contribution is -0.118. The van der Waals surface area contributed by atoms with Crippen molar-refractivity contribution in [3.8, 4) is 11.4 Å². The maximum Gasteiger partial charge on any atom is 0.230 e. The van der Waals surface area contributed by atoms with Gasteiger partial charge in [0.2, 0.25) is 11.1 Å². The molecule has 3 rings (SSSR count). The minimum atomic E-state index is -0.0705. The van der Waals surface area contributed by atoms with Crippen LogP contribution in [0.15, 0.2) is 51.4 Å². The van der Waals surface area contributed by atoms with E-state index in [0.717, 1.165) is 14.9 Å². The third-order valence-electron chi connectivity index (χ3n) is 3.15. The fraction of sp³-hybridized carbons (Fsp3) is 0.133.